The number of carbonyl (C=O) groups excluding carboxylic acids is 1. The Hall–Kier alpha value is -1.51. The highest BCUT2D eigenvalue weighted by atomic mass is 32.2. The molecule has 27 heavy (non-hydrogen) atoms. The number of thiazole rings is 1. The third kappa shape index (κ3) is 5.49. The van der Waals surface area contributed by atoms with E-state index in [9.17, 15) is 13.2 Å². The first-order chi connectivity index (χ1) is 12.8. The summed E-state index contributed by atoms with van der Waals surface area (Å²) in [6.45, 7) is 5.17. The first kappa shape index (κ1) is 21.8. The summed E-state index contributed by atoms with van der Waals surface area (Å²) in [6.07, 6.45) is 4.74. The molecule has 0 aliphatic carbocycles. The minimum atomic E-state index is -3.29. The number of aromatic nitrogens is 1. The van der Waals surface area contributed by atoms with Crippen LogP contribution in [0.2, 0.25) is 0 Å². The maximum atomic E-state index is 12.7. The topological polar surface area (TPSA) is 77.7 Å². The summed E-state index contributed by atoms with van der Waals surface area (Å²) >= 11 is 1.34. The Morgan fingerprint density at radius 3 is 2.48 bits per heavy atom. The molecule has 6 nitrogen and oxygen atoms in total. The lowest BCUT2D eigenvalue weighted by Crippen LogP contribution is -2.22. The van der Waals surface area contributed by atoms with Gasteiger partial charge in [-0.3, -0.25) is 4.79 Å². The van der Waals surface area contributed by atoms with Crippen LogP contribution in [-0.2, 0) is 25.9 Å². The number of ether oxygens (including phenoxy) is 1. The molecule has 1 aromatic carbocycles. The molecule has 1 amide bonds. The van der Waals surface area contributed by atoms with Crippen molar-refractivity contribution in [3.8, 4) is 0 Å². The molecule has 2 rings (SSSR count). The van der Waals surface area contributed by atoms with Crippen LogP contribution in [0.5, 0.6) is 0 Å². The monoisotopic (exact) mass is 412 g/mol. The molecule has 0 bridgehead atoms. The largest absolute Gasteiger partial charge is 0.383 e. The second kappa shape index (κ2) is 9.61. The van der Waals surface area contributed by atoms with Gasteiger partial charge in [0.15, 0.2) is 14.6 Å². The predicted octanol–water partition coefficient (Wildman–Crippen LogP) is 3.40. The lowest BCUT2D eigenvalue weighted by atomic mass is 9.98. The number of rotatable bonds is 9. The molecule has 2 aromatic rings. The minimum Gasteiger partial charge on any atom is -0.383 e. The maximum absolute atomic E-state index is 12.7. The summed E-state index contributed by atoms with van der Waals surface area (Å²) in [6, 6.07) is 5.02. The van der Waals surface area contributed by atoms with Gasteiger partial charge in [0.1, 0.15) is 0 Å². The highest BCUT2D eigenvalue weighted by Gasteiger charge is 2.17. The van der Waals surface area contributed by atoms with Crippen molar-refractivity contribution in [1.82, 2.24) is 4.57 Å². The molecule has 0 aliphatic rings. The summed E-state index contributed by atoms with van der Waals surface area (Å²) in [5.74, 6) is -0.160. The highest BCUT2D eigenvalue weighted by Crippen LogP contribution is 2.22. The molecule has 0 spiro atoms. The first-order valence-corrected chi connectivity index (χ1v) is 11.9. The average molecular weight is 413 g/mol. The Bertz CT molecular complexity index is 952. The van der Waals surface area contributed by atoms with Crippen LogP contribution in [-0.4, -0.2) is 38.9 Å². The van der Waals surface area contributed by atoms with Crippen LogP contribution in [0.3, 0.4) is 0 Å². The number of hydrogen-bond acceptors (Lipinski definition) is 5. The van der Waals surface area contributed by atoms with Crippen molar-refractivity contribution in [1.29, 1.82) is 0 Å². The van der Waals surface area contributed by atoms with E-state index >= 15 is 0 Å². The van der Waals surface area contributed by atoms with Gasteiger partial charge in [-0.2, -0.15) is 4.99 Å². The van der Waals surface area contributed by atoms with Crippen molar-refractivity contribution in [3.63, 3.8) is 0 Å². The van der Waals surface area contributed by atoms with Crippen molar-refractivity contribution in [2.24, 2.45) is 10.9 Å². The molecule has 0 saturated heterocycles. The molecular formula is C19H28N2O4S2. The van der Waals surface area contributed by atoms with Gasteiger partial charge in [0.2, 0.25) is 0 Å². The fourth-order valence-electron chi connectivity index (χ4n) is 3.04. The Morgan fingerprint density at radius 2 is 1.93 bits per heavy atom. The fourth-order valence-corrected chi connectivity index (χ4v) is 4.86. The molecule has 0 saturated carbocycles. The maximum Gasteiger partial charge on any atom is 0.251 e. The number of methoxy groups -OCH3 is 1. The molecule has 0 aliphatic heterocycles. The van der Waals surface area contributed by atoms with E-state index in [1.54, 1.807) is 25.3 Å². The number of benzene rings is 1. The lowest BCUT2D eigenvalue weighted by Gasteiger charge is -2.10. The van der Waals surface area contributed by atoms with E-state index in [1.165, 1.54) is 17.6 Å². The van der Waals surface area contributed by atoms with Crippen LogP contribution in [0.25, 0.3) is 10.2 Å². The third-order valence-corrected chi connectivity index (χ3v) is 6.58. The van der Waals surface area contributed by atoms with Crippen molar-refractivity contribution >= 4 is 37.3 Å². The van der Waals surface area contributed by atoms with E-state index in [0.717, 1.165) is 35.9 Å². The Labute approximate surface area is 164 Å². The van der Waals surface area contributed by atoms with Gasteiger partial charge >= 0.3 is 0 Å². The second-order valence-corrected chi connectivity index (χ2v) is 9.68. The third-order valence-electron chi connectivity index (χ3n) is 4.43. The average Bonchev–Trinajstić information content (AvgIpc) is 2.95. The minimum absolute atomic E-state index is 0.0623. The second-order valence-electron chi connectivity index (χ2n) is 6.66. The van der Waals surface area contributed by atoms with Crippen LogP contribution < -0.4 is 4.80 Å². The van der Waals surface area contributed by atoms with E-state index in [1.807, 2.05) is 4.57 Å². The quantitative estimate of drug-likeness (QED) is 0.632. The van der Waals surface area contributed by atoms with E-state index < -0.39 is 9.84 Å². The van der Waals surface area contributed by atoms with Gasteiger partial charge in [0.05, 0.1) is 21.7 Å². The SMILES string of the molecule is CCCC(CCC)C(=O)N=c1sc2cc(S(C)(=O)=O)ccc2n1CCOC. The molecule has 1 aromatic heterocycles. The molecule has 1 heterocycles. The van der Waals surface area contributed by atoms with Crippen molar-refractivity contribution in [2.45, 2.75) is 51.0 Å². The molecule has 0 N–H and O–H groups in total. The molecule has 0 atom stereocenters. The molecule has 0 unspecified atom stereocenters. The van der Waals surface area contributed by atoms with Crippen molar-refractivity contribution < 1.29 is 17.9 Å². The number of amides is 1. The molecular weight excluding hydrogens is 384 g/mol. The summed E-state index contributed by atoms with van der Waals surface area (Å²) in [5.41, 5.74) is 0.860. The van der Waals surface area contributed by atoms with Gasteiger partial charge in [0, 0.05) is 25.8 Å². The van der Waals surface area contributed by atoms with Gasteiger partial charge in [-0.1, -0.05) is 38.0 Å². The van der Waals surface area contributed by atoms with E-state index in [-0.39, 0.29) is 16.7 Å². The highest BCUT2D eigenvalue weighted by molar-refractivity contribution is 7.90. The first-order valence-electron chi connectivity index (χ1n) is 9.22. The van der Waals surface area contributed by atoms with E-state index in [4.69, 9.17) is 4.74 Å². The molecule has 150 valence electrons. The fraction of sp³-hybridized carbons (Fsp3) is 0.579. The number of nitrogens with zero attached hydrogens (tertiary/aromatic N) is 2. The molecule has 0 radical (unpaired) electrons. The number of carbonyl (C=O) groups is 1. The summed E-state index contributed by atoms with van der Waals surface area (Å²) in [5, 5.41) is 0. The van der Waals surface area contributed by atoms with Crippen LogP contribution in [0.15, 0.2) is 28.1 Å². The molecule has 0 fully saturated rings. The van der Waals surface area contributed by atoms with Crippen LogP contribution in [0.1, 0.15) is 39.5 Å². The number of hydrogen-bond donors (Lipinski definition) is 0. The summed E-state index contributed by atoms with van der Waals surface area (Å²) in [4.78, 5) is 18.0. The Morgan fingerprint density at radius 1 is 1.26 bits per heavy atom. The predicted molar refractivity (Wildman–Crippen MR) is 109 cm³/mol. The van der Waals surface area contributed by atoms with Gasteiger partial charge in [-0.05, 0) is 31.0 Å². The smallest absolute Gasteiger partial charge is 0.251 e. The van der Waals surface area contributed by atoms with Crippen LogP contribution in [0, 0.1) is 5.92 Å². The number of fused-ring (bicyclic) bond motifs is 1. The zero-order chi connectivity index (χ0) is 20.0. The van der Waals surface area contributed by atoms with Crippen molar-refractivity contribution in [2.75, 3.05) is 20.0 Å². The summed E-state index contributed by atoms with van der Waals surface area (Å²) in [7, 11) is -1.67. The molecule has 8 heteroatoms. The Balaban J connectivity index is 2.57. The standard InChI is InChI=1S/C19H28N2O4S2/c1-5-7-14(8-6-2)18(22)20-19-21(11-12-25-3)16-10-9-15(27(4,23)24)13-17(16)26-19/h9-10,13-14H,5-8,11-12H2,1-4H3. The summed E-state index contributed by atoms with van der Waals surface area (Å²) < 4.78 is 31.6. The van der Waals surface area contributed by atoms with Crippen molar-refractivity contribution in [3.05, 3.63) is 23.0 Å². The number of sulfone groups is 1. The van der Waals surface area contributed by atoms with E-state index in [2.05, 4.69) is 18.8 Å². The normalized spacial score (nSPS) is 13.0. The van der Waals surface area contributed by atoms with Gasteiger partial charge < -0.3 is 9.30 Å². The van der Waals surface area contributed by atoms with Gasteiger partial charge in [-0.25, -0.2) is 8.42 Å². The van der Waals surface area contributed by atoms with Crippen LogP contribution >= 0.6 is 11.3 Å². The Kier molecular flexibility index (Phi) is 7.76. The van der Waals surface area contributed by atoms with Gasteiger partial charge in [-0.15, -0.1) is 0 Å². The lowest BCUT2D eigenvalue weighted by molar-refractivity contribution is -0.122. The van der Waals surface area contributed by atoms with Crippen LogP contribution in [0.4, 0.5) is 0 Å². The zero-order valence-corrected chi connectivity index (χ0v) is 18.0. The van der Waals surface area contributed by atoms with Gasteiger partial charge in [0.25, 0.3) is 5.91 Å². The zero-order valence-electron chi connectivity index (χ0n) is 16.4. The van der Waals surface area contributed by atoms with E-state index in [0.29, 0.717) is 18.0 Å².